The molecule has 0 bridgehead atoms. The van der Waals surface area contributed by atoms with Crippen LogP contribution in [0.3, 0.4) is 0 Å². The van der Waals surface area contributed by atoms with Gasteiger partial charge in [0.05, 0.1) is 24.1 Å². The summed E-state index contributed by atoms with van der Waals surface area (Å²) in [6.45, 7) is 0.680. The number of hydrogen-bond acceptors (Lipinski definition) is 5. The van der Waals surface area contributed by atoms with Gasteiger partial charge in [0.1, 0.15) is 17.1 Å². The fraction of sp³-hybridized carbons (Fsp3) is 0.200. The maximum Gasteiger partial charge on any atom is 0.397 e. The topological polar surface area (TPSA) is 113 Å². The van der Waals surface area contributed by atoms with Gasteiger partial charge in [0, 0.05) is 18.7 Å². The Bertz CT molecular complexity index is 1130. The molecule has 1 aliphatic rings. The summed E-state index contributed by atoms with van der Waals surface area (Å²) in [6, 6.07) is 9.76. The van der Waals surface area contributed by atoms with Crippen molar-refractivity contribution in [2.75, 3.05) is 18.6 Å². The van der Waals surface area contributed by atoms with E-state index < -0.39 is 16.6 Å². The van der Waals surface area contributed by atoms with Crippen molar-refractivity contribution in [3.05, 3.63) is 69.7 Å². The van der Waals surface area contributed by atoms with E-state index in [0.717, 1.165) is 11.1 Å². The maximum atomic E-state index is 14.8. The van der Waals surface area contributed by atoms with Gasteiger partial charge in [0.2, 0.25) is 0 Å². The van der Waals surface area contributed by atoms with Crippen molar-refractivity contribution in [1.82, 2.24) is 15.5 Å². The standard InChI is InChI=1S/C20H18FN5O4/c1-30-14-4-2-3-12(7-14)10-22-20(27)25-6-5-13-8-15(17(21)9-18(13)25)16-11-23-24-19(16)26(28)29/h2-4,7-9,11H,5-6,10H2,1H3,(H,22,27)(H,23,24). The van der Waals surface area contributed by atoms with Gasteiger partial charge >= 0.3 is 11.8 Å². The molecule has 9 nitrogen and oxygen atoms in total. The first-order valence-electron chi connectivity index (χ1n) is 9.17. The predicted octanol–water partition coefficient (Wildman–Crippen LogP) is 3.40. The molecular weight excluding hydrogens is 393 g/mol. The molecule has 3 aromatic rings. The summed E-state index contributed by atoms with van der Waals surface area (Å²) < 4.78 is 20.0. The summed E-state index contributed by atoms with van der Waals surface area (Å²) >= 11 is 0. The quantitative estimate of drug-likeness (QED) is 0.493. The van der Waals surface area contributed by atoms with Crippen LogP contribution in [0.1, 0.15) is 11.1 Å². The van der Waals surface area contributed by atoms with Gasteiger partial charge in [-0.3, -0.25) is 4.90 Å². The van der Waals surface area contributed by atoms with Gasteiger partial charge in [-0.15, -0.1) is 0 Å². The van der Waals surface area contributed by atoms with Crippen LogP contribution in [0.4, 0.5) is 20.7 Å². The molecule has 2 N–H and O–H groups in total. The number of hydrogen-bond donors (Lipinski definition) is 2. The van der Waals surface area contributed by atoms with Gasteiger partial charge in [-0.05, 0) is 46.7 Å². The number of aromatic nitrogens is 2. The van der Waals surface area contributed by atoms with Crippen molar-refractivity contribution < 1.29 is 18.8 Å². The monoisotopic (exact) mass is 411 g/mol. The fourth-order valence-corrected chi connectivity index (χ4v) is 3.50. The first kappa shape index (κ1) is 19.4. The van der Waals surface area contributed by atoms with E-state index in [-0.39, 0.29) is 17.2 Å². The molecule has 1 aromatic heterocycles. The minimum atomic E-state index is -0.670. The van der Waals surface area contributed by atoms with E-state index >= 15 is 0 Å². The van der Waals surface area contributed by atoms with Crippen LogP contribution in [0.2, 0.25) is 0 Å². The molecule has 4 rings (SSSR count). The second kappa shape index (κ2) is 7.82. The Balaban J connectivity index is 1.54. The lowest BCUT2D eigenvalue weighted by atomic mass is 10.0. The van der Waals surface area contributed by atoms with Gasteiger partial charge < -0.3 is 20.2 Å². The SMILES string of the molecule is COc1cccc(CNC(=O)N2CCc3cc(-c4c[nH]nc4[N+](=O)[O-])c(F)cc32)c1. The van der Waals surface area contributed by atoms with Crippen LogP contribution in [-0.2, 0) is 13.0 Å². The largest absolute Gasteiger partial charge is 0.497 e. The third-order valence-corrected chi connectivity index (χ3v) is 4.97. The van der Waals surface area contributed by atoms with E-state index in [4.69, 9.17) is 4.74 Å². The van der Waals surface area contributed by atoms with Gasteiger partial charge in [-0.2, -0.15) is 5.10 Å². The number of nitro groups is 1. The summed E-state index contributed by atoms with van der Waals surface area (Å²) in [5.41, 5.74) is 2.20. The number of nitrogens with zero attached hydrogens (tertiary/aromatic N) is 3. The number of ether oxygens (including phenoxy) is 1. The van der Waals surface area contributed by atoms with E-state index in [0.29, 0.717) is 30.9 Å². The zero-order chi connectivity index (χ0) is 21.3. The number of carbonyl (C=O) groups is 1. The molecule has 30 heavy (non-hydrogen) atoms. The maximum absolute atomic E-state index is 14.8. The number of nitrogens with one attached hydrogen (secondary N) is 2. The Hall–Kier alpha value is -3.95. The Morgan fingerprint density at radius 1 is 1.37 bits per heavy atom. The average Bonchev–Trinajstić information content (AvgIpc) is 3.38. The lowest BCUT2D eigenvalue weighted by molar-refractivity contribution is -0.388. The number of fused-ring (bicyclic) bond motifs is 1. The lowest BCUT2D eigenvalue weighted by Gasteiger charge is -2.19. The first-order valence-corrected chi connectivity index (χ1v) is 9.17. The van der Waals surface area contributed by atoms with Crippen LogP contribution in [0, 0.1) is 15.9 Å². The Kier molecular flexibility index (Phi) is 5.05. The van der Waals surface area contributed by atoms with Crippen LogP contribution in [0.15, 0.2) is 42.6 Å². The van der Waals surface area contributed by atoms with Gasteiger partial charge in [0.25, 0.3) is 0 Å². The molecular formula is C20H18FN5O4. The third-order valence-electron chi connectivity index (χ3n) is 4.97. The molecule has 2 heterocycles. The highest BCUT2D eigenvalue weighted by Crippen LogP contribution is 2.37. The molecule has 0 fully saturated rings. The second-order valence-corrected chi connectivity index (χ2v) is 6.75. The van der Waals surface area contributed by atoms with Gasteiger partial charge in [-0.25, -0.2) is 9.18 Å². The molecule has 0 saturated heterocycles. The number of amides is 2. The zero-order valence-electron chi connectivity index (χ0n) is 16.0. The van der Waals surface area contributed by atoms with Crippen molar-refractivity contribution in [2.24, 2.45) is 0 Å². The zero-order valence-corrected chi connectivity index (χ0v) is 16.0. The van der Waals surface area contributed by atoms with Crippen molar-refractivity contribution in [1.29, 1.82) is 0 Å². The summed E-state index contributed by atoms with van der Waals surface area (Å²) in [6.07, 6.45) is 1.80. The van der Waals surface area contributed by atoms with Crippen molar-refractivity contribution in [3.8, 4) is 16.9 Å². The number of halogens is 1. The van der Waals surface area contributed by atoms with Crippen LogP contribution in [0.5, 0.6) is 5.75 Å². The molecule has 0 radical (unpaired) electrons. The second-order valence-electron chi connectivity index (χ2n) is 6.75. The van der Waals surface area contributed by atoms with Gasteiger partial charge in [0.15, 0.2) is 0 Å². The van der Waals surface area contributed by atoms with E-state index in [1.807, 2.05) is 24.3 Å². The third kappa shape index (κ3) is 3.54. The van der Waals surface area contributed by atoms with Crippen molar-refractivity contribution in [2.45, 2.75) is 13.0 Å². The smallest absolute Gasteiger partial charge is 0.397 e. The number of H-pyrrole nitrogens is 1. The number of anilines is 1. The molecule has 1 aliphatic heterocycles. The number of methoxy groups -OCH3 is 1. The molecule has 0 aliphatic carbocycles. The van der Waals surface area contributed by atoms with Crippen LogP contribution >= 0.6 is 0 Å². The Labute approximate surface area is 170 Å². The van der Waals surface area contributed by atoms with E-state index in [2.05, 4.69) is 15.5 Å². The fourth-order valence-electron chi connectivity index (χ4n) is 3.50. The first-order chi connectivity index (χ1) is 14.5. The highest BCUT2D eigenvalue weighted by molar-refractivity contribution is 5.95. The van der Waals surface area contributed by atoms with Crippen molar-refractivity contribution >= 4 is 17.5 Å². The normalized spacial score (nSPS) is 12.5. The predicted molar refractivity (Wildman–Crippen MR) is 107 cm³/mol. The molecule has 0 spiro atoms. The Morgan fingerprint density at radius 3 is 2.97 bits per heavy atom. The summed E-state index contributed by atoms with van der Waals surface area (Å²) in [5.74, 6) is -0.415. The molecule has 0 saturated carbocycles. The minimum absolute atomic E-state index is 0.0706. The molecule has 154 valence electrons. The van der Waals surface area contributed by atoms with Crippen LogP contribution < -0.4 is 15.0 Å². The highest BCUT2D eigenvalue weighted by atomic mass is 19.1. The summed E-state index contributed by atoms with van der Waals surface area (Å²) in [4.78, 5) is 24.6. The minimum Gasteiger partial charge on any atom is -0.497 e. The number of rotatable bonds is 5. The molecule has 0 unspecified atom stereocenters. The Morgan fingerprint density at radius 2 is 2.20 bits per heavy atom. The van der Waals surface area contributed by atoms with E-state index in [9.17, 15) is 19.3 Å². The van der Waals surface area contributed by atoms with Gasteiger partial charge in [-0.1, -0.05) is 12.1 Å². The summed E-state index contributed by atoms with van der Waals surface area (Å²) in [5, 5.41) is 19.9. The summed E-state index contributed by atoms with van der Waals surface area (Å²) in [7, 11) is 1.57. The van der Waals surface area contributed by atoms with Crippen molar-refractivity contribution in [3.63, 3.8) is 0 Å². The lowest BCUT2D eigenvalue weighted by Crippen LogP contribution is -2.38. The van der Waals surface area contributed by atoms with Crippen LogP contribution in [0.25, 0.3) is 11.1 Å². The molecule has 2 amide bonds. The molecule has 10 heteroatoms. The molecule has 2 aromatic carbocycles. The highest BCUT2D eigenvalue weighted by Gasteiger charge is 2.29. The number of aromatic amines is 1. The van der Waals surface area contributed by atoms with Crippen LogP contribution in [-0.4, -0.2) is 34.8 Å². The average molecular weight is 411 g/mol. The number of carbonyl (C=O) groups excluding carboxylic acids is 1. The molecule has 0 atom stereocenters. The van der Waals surface area contributed by atoms with E-state index in [1.165, 1.54) is 23.2 Å². The number of urea groups is 1. The number of benzene rings is 2. The van der Waals surface area contributed by atoms with E-state index in [1.54, 1.807) is 7.11 Å².